The summed E-state index contributed by atoms with van der Waals surface area (Å²) in [5.74, 6) is -2.15. The molecule has 0 rings (SSSR count). The van der Waals surface area contributed by atoms with Gasteiger partial charge in [0.15, 0.2) is 0 Å². The van der Waals surface area contributed by atoms with Gasteiger partial charge in [0.25, 0.3) is 0 Å². The largest absolute Gasteiger partial charge is 0.481 e. The number of carboxylic acids is 2. The summed E-state index contributed by atoms with van der Waals surface area (Å²) in [6, 6.07) is 0. The maximum absolute atomic E-state index is 9.64. The molecule has 0 aliphatic rings. The lowest BCUT2D eigenvalue weighted by atomic mass is 10.3. The van der Waals surface area contributed by atoms with Crippen molar-refractivity contribution in [1.82, 2.24) is 0 Å². The zero-order valence-corrected chi connectivity index (χ0v) is 9.52. The van der Waals surface area contributed by atoms with Crippen LogP contribution in [0.2, 0.25) is 0 Å². The minimum Gasteiger partial charge on any atom is -0.481 e. The average Bonchev–Trinajstić information content (AvgIpc) is 2.23. The first kappa shape index (κ1) is 17.3. The van der Waals surface area contributed by atoms with Gasteiger partial charge in [0, 0.05) is 6.61 Å². The third kappa shape index (κ3) is 23.0. The molecule has 0 radical (unpaired) electrons. The molecule has 0 spiro atoms. The van der Waals surface area contributed by atoms with Crippen molar-refractivity contribution in [3.8, 4) is 0 Å². The molecule has 0 aliphatic heterocycles. The summed E-state index contributed by atoms with van der Waals surface area (Å²) in [6.07, 6.45) is 1.66. The van der Waals surface area contributed by atoms with E-state index in [-0.39, 0.29) is 19.4 Å². The smallest absolute Gasteiger partial charge is 0.303 e. The summed E-state index contributed by atoms with van der Waals surface area (Å²) in [4.78, 5) is 19.3. The molecule has 0 unspecified atom stereocenters. The molecule has 0 bridgehead atoms. The quantitative estimate of drug-likeness (QED) is 0.537. The van der Waals surface area contributed by atoms with E-state index in [0.717, 1.165) is 19.4 Å². The number of ether oxygens (including phenoxy) is 1. The lowest BCUT2D eigenvalue weighted by molar-refractivity contribution is -0.143. The highest BCUT2D eigenvalue weighted by atomic mass is 16.5. The number of aliphatic hydroxyl groups excluding tert-OH is 1. The first-order valence-electron chi connectivity index (χ1n) is 5.16. The van der Waals surface area contributed by atoms with Gasteiger partial charge in [-0.25, -0.2) is 0 Å². The van der Waals surface area contributed by atoms with Crippen LogP contribution in [0.5, 0.6) is 0 Å². The van der Waals surface area contributed by atoms with Gasteiger partial charge in [0.2, 0.25) is 0 Å². The van der Waals surface area contributed by atoms with Gasteiger partial charge in [-0.2, -0.15) is 0 Å². The zero-order valence-electron chi connectivity index (χ0n) is 9.52. The summed E-state index contributed by atoms with van der Waals surface area (Å²) in [5.41, 5.74) is 0. The topological polar surface area (TPSA) is 104 Å². The fourth-order valence-electron chi connectivity index (χ4n) is 0.627. The van der Waals surface area contributed by atoms with Crippen molar-refractivity contribution in [1.29, 1.82) is 0 Å². The number of hydrogen-bond donors (Lipinski definition) is 3. The van der Waals surface area contributed by atoms with Crippen LogP contribution in [0.3, 0.4) is 0 Å². The Morgan fingerprint density at radius 2 is 1.56 bits per heavy atom. The number of carbonyl (C=O) groups is 2. The van der Waals surface area contributed by atoms with E-state index in [9.17, 15) is 9.59 Å². The normalized spacial score (nSPS) is 9.12. The SMILES string of the molecule is CCCCOCCO.O=C(O)CCC(=O)O. The van der Waals surface area contributed by atoms with E-state index in [1.807, 2.05) is 0 Å². The molecule has 0 aromatic carbocycles. The fraction of sp³-hybridized carbons (Fsp3) is 0.800. The number of aliphatic carboxylic acids is 2. The van der Waals surface area contributed by atoms with Crippen molar-refractivity contribution < 1.29 is 29.6 Å². The van der Waals surface area contributed by atoms with E-state index in [1.165, 1.54) is 0 Å². The first-order valence-corrected chi connectivity index (χ1v) is 5.16. The van der Waals surface area contributed by atoms with Crippen LogP contribution in [0.15, 0.2) is 0 Å². The predicted octanol–water partition coefficient (Wildman–Crippen LogP) is 0.731. The van der Waals surface area contributed by atoms with Crippen LogP contribution < -0.4 is 0 Å². The molecule has 16 heavy (non-hydrogen) atoms. The van der Waals surface area contributed by atoms with E-state index in [2.05, 4.69) is 6.92 Å². The van der Waals surface area contributed by atoms with Crippen LogP contribution in [0, 0.1) is 0 Å². The molecule has 0 aromatic rings. The maximum Gasteiger partial charge on any atom is 0.303 e. The standard InChI is InChI=1S/C6H14O2.C4H6O4/c1-2-3-5-8-6-4-7;5-3(6)1-2-4(7)8/h7H,2-6H2,1H3;1-2H2,(H,5,6)(H,7,8). The lowest BCUT2D eigenvalue weighted by Gasteiger charge is -1.97. The highest BCUT2D eigenvalue weighted by molar-refractivity contribution is 5.75. The second-order valence-electron chi connectivity index (χ2n) is 2.98. The summed E-state index contributed by atoms with van der Waals surface area (Å²) in [7, 11) is 0. The molecule has 0 aromatic heterocycles. The third-order valence-electron chi connectivity index (χ3n) is 1.43. The van der Waals surface area contributed by atoms with Gasteiger partial charge in [-0.15, -0.1) is 0 Å². The summed E-state index contributed by atoms with van der Waals surface area (Å²) < 4.78 is 4.97. The van der Waals surface area contributed by atoms with Gasteiger partial charge in [-0.1, -0.05) is 13.3 Å². The molecule has 96 valence electrons. The minimum atomic E-state index is -1.08. The first-order chi connectivity index (χ1) is 7.54. The number of rotatable bonds is 8. The lowest BCUT2D eigenvalue weighted by Crippen LogP contribution is -2.00. The monoisotopic (exact) mass is 236 g/mol. The van der Waals surface area contributed by atoms with E-state index in [0.29, 0.717) is 6.61 Å². The van der Waals surface area contributed by atoms with Crippen molar-refractivity contribution in [2.45, 2.75) is 32.6 Å². The van der Waals surface area contributed by atoms with Gasteiger partial charge in [-0.05, 0) is 6.42 Å². The molecular weight excluding hydrogens is 216 g/mol. The molecular formula is C10H20O6. The van der Waals surface area contributed by atoms with Crippen molar-refractivity contribution in [2.24, 2.45) is 0 Å². The predicted molar refractivity (Wildman–Crippen MR) is 57.3 cm³/mol. The Balaban J connectivity index is 0. The molecule has 0 atom stereocenters. The fourth-order valence-corrected chi connectivity index (χ4v) is 0.627. The van der Waals surface area contributed by atoms with Crippen LogP contribution in [0.1, 0.15) is 32.6 Å². The second-order valence-corrected chi connectivity index (χ2v) is 2.98. The van der Waals surface area contributed by atoms with Crippen molar-refractivity contribution >= 4 is 11.9 Å². The van der Waals surface area contributed by atoms with E-state index in [4.69, 9.17) is 20.1 Å². The highest BCUT2D eigenvalue weighted by Crippen LogP contribution is 1.86. The summed E-state index contributed by atoms with van der Waals surface area (Å²) in [5, 5.41) is 24.0. The number of hydrogen-bond acceptors (Lipinski definition) is 4. The molecule has 0 saturated carbocycles. The van der Waals surface area contributed by atoms with Gasteiger partial charge in [0.1, 0.15) is 0 Å². The van der Waals surface area contributed by atoms with Crippen LogP contribution >= 0.6 is 0 Å². The Bertz CT molecular complexity index is 160. The molecule has 3 N–H and O–H groups in total. The van der Waals surface area contributed by atoms with Crippen molar-refractivity contribution in [3.63, 3.8) is 0 Å². The molecule has 0 heterocycles. The Labute approximate surface area is 94.8 Å². The molecule has 6 nitrogen and oxygen atoms in total. The van der Waals surface area contributed by atoms with Crippen molar-refractivity contribution in [3.05, 3.63) is 0 Å². The van der Waals surface area contributed by atoms with Crippen LogP contribution in [0.25, 0.3) is 0 Å². The Morgan fingerprint density at radius 1 is 1.06 bits per heavy atom. The van der Waals surface area contributed by atoms with E-state index < -0.39 is 11.9 Å². The average molecular weight is 236 g/mol. The van der Waals surface area contributed by atoms with Crippen LogP contribution in [-0.4, -0.2) is 47.1 Å². The minimum absolute atomic E-state index is 0.143. The maximum atomic E-state index is 9.64. The third-order valence-corrected chi connectivity index (χ3v) is 1.43. The highest BCUT2D eigenvalue weighted by Gasteiger charge is 2.00. The number of carboxylic acid groups (broad SMARTS) is 2. The van der Waals surface area contributed by atoms with E-state index in [1.54, 1.807) is 0 Å². The van der Waals surface area contributed by atoms with Gasteiger partial charge >= 0.3 is 11.9 Å². The molecule has 0 fully saturated rings. The molecule has 0 amide bonds. The van der Waals surface area contributed by atoms with Crippen LogP contribution in [-0.2, 0) is 14.3 Å². The Hall–Kier alpha value is -1.14. The molecule has 6 heteroatoms. The Kier molecular flexibility index (Phi) is 15.0. The van der Waals surface area contributed by atoms with E-state index >= 15 is 0 Å². The summed E-state index contributed by atoms with van der Waals surface area (Å²) >= 11 is 0. The van der Waals surface area contributed by atoms with Gasteiger partial charge in [-0.3, -0.25) is 9.59 Å². The van der Waals surface area contributed by atoms with Crippen LogP contribution in [0.4, 0.5) is 0 Å². The Morgan fingerprint density at radius 3 is 1.88 bits per heavy atom. The molecule has 0 saturated heterocycles. The summed E-state index contributed by atoms with van der Waals surface area (Å²) in [6.45, 7) is 3.53. The van der Waals surface area contributed by atoms with Gasteiger partial charge < -0.3 is 20.1 Å². The molecule has 0 aliphatic carbocycles. The number of aliphatic hydroxyl groups is 1. The van der Waals surface area contributed by atoms with Crippen molar-refractivity contribution in [2.75, 3.05) is 19.8 Å². The number of unbranched alkanes of at least 4 members (excludes halogenated alkanes) is 1. The zero-order chi connectivity index (χ0) is 12.8. The van der Waals surface area contributed by atoms with Gasteiger partial charge in [0.05, 0.1) is 26.1 Å². The second kappa shape index (κ2) is 13.9.